The van der Waals surface area contributed by atoms with Crippen LogP contribution in [0.1, 0.15) is 22.5 Å². The zero-order valence-electron chi connectivity index (χ0n) is 14.2. The van der Waals surface area contributed by atoms with Crippen molar-refractivity contribution >= 4 is 28.3 Å². The monoisotopic (exact) mass is 367 g/mol. The molecular formula is C18H17N5O2S. The number of pyridine rings is 1. The normalized spacial score (nSPS) is 11.1. The van der Waals surface area contributed by atoms with E-state index in [1.54, 1.807) is 23.9 Å². The van der Waals surface area contributed by atoms with Gasteiger partial charge in [0.15, 0.2) is 0 Å². The predicted molar refractivity (Wildman–Crippen MR) is 99.0 cm³/mol. The topological polar surface area (TPSA) is 85.8 Å². The maximum absolute atomic E-state index is 12.8. The molecule has 1 N–H and O–H groups in total. The average Bonchev–Trinajstić information content (AvgIpc) is 3.40. The number of nitrogens with zero attached hydrogens (tertiary/aromatic N) is 4. The van der Waals surface area contributed by atoms with Crippen LogP contribution in [0.25, 0.3) is 21.7 Å². The van der Waals surface area contributed by atoms with Crippen molar-refractivity contribution in [1.82, 2.24) is 25.0 Å². The number of thiophene rings is 1. The highest BCUT2D eigenvalue weighted by Crippen LogP contribution is 2.29. The number of aromatic nitrogens is 4. The van der Waals surface area contributed by atoms with Crippen molar-refractivity contribution in [3.63, 3.8) is 0 Å². The van der Waals surface area contributed by atoms with E-state index in [4.69, 9.17) is 4.52 Å². The second-order valence-corrected chi connectivity index (χ2v) is 6.84. The fourth-order valence-electron chi connectivity index (χ4n) is 2.80. The second kappa shape index (κ2) is 7.09. The average molecular weight is 367 g/mol. The molecule has 0 bridgehead atoms. The fourth-order valence-corrected chi connectivity index (χ4v) is 3.49. The third-order valence-electron chi connectivity index (χ3n) is 4.07. The fraction of sp³-hybridized carbons (Fsp3) is 0.222. The molecule has 4 aromatic heterocycles. The zero-order chi connectivity index (χ0) is 17.9. The van der Waals surface area contributed by atoms with Gasteiger partial charge in [0, 0.05) is 25.5 Å². The molecule has 7 nitrogen and oxygen atoms in total. The molecule has 132 valence electrons. The van der Waals surface area contributed by atoms with Crippen molar-refractivity contribution in [2.75, 3.05) is 6.54 Å². The number of fused-ring (bicyclic) bond motifs is 1. The van der Waals surface area contributed by atoms with Crippen LogP contribution in [0.5, 0.6) is 0 Å². The number of hydrogen-bond acceptors (Lipinski definition) is 6. The molecule has 4 heterocycles. The Morgan fingerprint density at radius 1 is 1.42 bits per heavy atom. The van der Waals surface area contributed by atoms with E-state index in [1.807, 2.05) is 41.3 Å². The Hall–Kier alpha value is -3.00. The number of nitrogens with one attached hydrogen (secondary N) is 1. The van der Waals surface area contributed by atoms with E-state index < -0.39 is 0 Å². The van der Waals surface area contributed by atoms with Gasteiger partial charge in [0.05, 0.1) is 33.5 Å². The minimum Gasteiger partial charge on any atom is -0.352 e. The number of hydrogen-bond donors (Lipinski definition) is 1. The first-order chi connectivity index (χ1) is 12.7. The lowest BCUT2D eigenvalue weighted by molar-refractivity contribution is 0.0954. The van der Waals surface area contributed by atoms with Crippen molar-refractivity contribution in [3.05, 3.63) is 53.6 Å². The molecular weight excluding hydrogens is 350 g/mol. The molecule has 0 spiro atoms. The molecule has 0 aromatic carbocycles. The van der Waals surface area contributed by atoms with Crippen LogP contribution in [-0.4, -0.2) is 32.1 Å². The molecule has 4 rings (SSSR count). The molecule has 8 heteroatoms. The zero-order valence-corrected chi connectivity index (χ0v) is 15.0. The van der Waals surface area contributed by atoms with E-state index in [9.17, 15) is 4.79 Å². The standard InChI is InChI=1S/C18H17N5O2S/c1-12-16-13(17(24)20-5-3-7-23-8-6-19-11-23)10-14(15-4-2-9-26-15)21-18(16)25-22-12/h2,4,6,8-11H,3,5,7H2,1H3,(H,20,24). The van der Waals surface area contributed by atoms with Gasteiger partial charge >= 0.3 is 0 Å². The van der Waals surface area contributed by atoms with Crippen molar-refractivity contribution in [2.45, 2.75) is 19.9 Å². The summed E-state index contributed by atoms with van der Waals surface area (Å²) >= 11 is 1.57. The minimum atomic E-state index is -0.146. The van der Waals surface area contributed by atoms with Gasteiger partial charge in [0.1, 0.15) is 0 Å². The molecule has 1 amide bonds. The third-order valence-corrected chi connectivity index (χ3v) is 4.97. The summed E-state index contributed by atoms with van der Waals surface area (Å²) in [6, 6.07) is 5.73. The van der Waals surface area contributed by atoms with E-state index >= 15 is 0 Å². The molecule has 0 saturated heterocycles. The lowest BCUT2D eigenvalue weighted by Gasteiger charge is -2.08. The Morgan fingerprint density at radius 3 is 3.12 bits per heavy atom. The first-order valence-corrected chi connectivity index (χ1v) is 9.15. The first-order valence-electron chi connectivity index (χ1n) is 8.27. The van der Waals surface area contributed by atoms with Crippen LogP contribution in [0.2, 0.25) is 0 Å². The van der Waals surface area contributed by atoms with E-state index in [1.165, 1.54) is 0 Å². The van der Waals surface area contributed by atoms with Gasteiger partial charge in [-0.05, 0) is 30.9 Å². The summed E-state index contributed by atoms with van der Waals surface area (Å²) in [7, 11) is 0. The summed E-state index contributed by atoms with van der Waals surface area (Å²) in [5, 5.41) is 9.58. The van der Waals surface area contributed by atoms with Gasteiger partial charge in [-0.25, -0.2) is 9.97 Å². The summed E-state index contributed by atoms with van der Waals surface area (Å²) < 4.78 is 7.29. The summed E-state index contributed by atoms with van der Waals surface area (Å²) in [5.74, 6) is -0.146. The first kappa shape index (κ1) is 16.5. The maximum atomic E-state index is 12.8. The molecule has 0 fully saturated rings. The Morgan fingerprint density at radius 2 is 2.35 bits per heavy atom. The summed E-state index contributed by atoms with van der Waals surface area (Å²) in [4.78, 5) is 22.3. The number of rotatable bonds is 6. The molecule has 26 heavy (non-hydrogen) atoms. The summed E-state index contributed by atoms with van der Waals surface area (Å²) in [6.07, 6.45) is 6.23. The SMILES string of the molecule is Cc1noc2nc(-c3cccs3)cc(C(=O)NCCCn3ccnc3)c12. The summed E-state index contributed by atoms with van der Waals surface area (Å²) in [5.41, 5.74) is 2.30. The highest BCUT2D eigenvalue weighted by atomic mass is 32.1. The number of carbonyl (C=O) groups is 1. The minimum absolute atomic E-state index is 0.146. The molecule has 0 saturated carbocycles. The van der Waals surface area contributed by atoms with E-state index in [2.05, 4.69) is 20.4 Å². The van der Waals surface area contributed by atoms with Gasteiger partial charge in [0.25, 0.3) is 11.6 Å². The van der Waals surface area contributed by atoms with Gasteiger partial charge < -0.3 is 14.4 Å². The number of imidazole rings is 1. The Kier molecular flexibility index (Phi) is 4.49. The van der Waals surface area contributed by atoms with Gasteiger partial charge in [-0.3, -0.25) is 4.79 Å². The molecule has 4 aromatic rings. The van der Waals surface area contributed by atoms with Crippen molar-refractivity contribution in [2.24, 2.45) is 0 Å². The quantitative estimate of drug-likeness (QED) is 0.529. The van der Waals surface area contributed by atoms with Crippen LogP contribution in [-0.2, 0) is 6.54 Å². The van der Waals surface area contributed by atoms with Crippen LogP contribution in [0.15, 0.2) is 46.8 Å². The number of carbonyl (C=O) groups excluding carboxylic acids is 1. The highest BCUT2D eigenvalue weighted by Gasteiger charge is 2.19. The van der Waals surface area contributed by atoms with Gasteiger partial charge in [-0.1, -0.05) is 11.2 Å². The van der Waals surface area contributed by atoms with E-state index in [-0.39, 0.29) is 5.91 Å². The molecule has 0 aliphatic heterocycles. The largest absolute Gasteiger partial charge is 0.352 e. The Labute approximate surface area is 153 Å². The molecule has 0 aliphatic rings. The Bertz CT molecular complexity index is 1020. The predicted octanol–water partition coefficient (Wildman–Crippen LogP) is 3.28. The molecule has 0 aliphatic carbocycles. The van der Waals surface area contributed by atoms with Gasteiger partial charge in [0.2, 0.25) is 0 Å². The lowest BCUT2D eigenvalue weighted by atomic mass is 10.1. The van der Waals surface area contributed by atoms with Crippen molar-refractivity contribution < 1.29 is 9.32 Å². The van der Waals surface area contributed by atoms with Crippen LogP contribution >= 0.6 is 11.3 Å². The van der Waals surface area contributed by atoms with Gasteiger partial charge in [-0.15, -0.1) is 11.3 Å². The smallest absolute Gasteiger partial charge is 0.259 e. The van der Waals surface area contributed by atoms with Crippen LogP contribution in [0.3, 0.4) is 0 Å². The van der Waals surface area contributed by atoms with Crippen molar-refractivity contribution in [1.29, 1.82) is 0 Å². The van der Waals surface area contributed by atoms with Crippen LogP contribution in [0, 0.1) is 6.92 Å². The van der Waals surface area contributed by atoms with E-state index in [0.29, 0.717) is 34.6 Å². The third kappa shape index (κ3) is 3.23. The number of amides is 1. The molecule has 0 radical (unpaired) electrons. The second-order valence-electron chi connectivity index (χ2n) is 5.89. The van der Waals surface area contributed by atoms with Crippen LogP contribution < -0.4 is 5.32 Å². The Balaban J connectivity index is 1.55. The molecule has 0 atom stereocenters. The van der Waals surface area contributed by atoms with Gasteiger partial charge in [-0.2, -0.15) is 0 Å². The van der Waals surface area contributed by atoms with Crippen molar-refractivity contribution in [3.8, 4) is 10.6 Å². The summed E-state index contributed by atoms with van der Waals surface area (Å²) in [6.45, 7) is 3.19. The van der Waals surface area contributed by atoms with Crippen LogP contribution in [0.4, 0.5) is 0 Å². The molecule has 0 unspecified atom stereocenters. The lowest BCUT2D eigenvalue weighted by Crippen LogP contribution is -2.25. The maximum Gasteiger partial charge on any atom is 0.259 e. The number of aryl methyl sites for hydroxylation is 2. The van der Waals surface area contributed by atoms with E-state index in [0.717, 1.165) is 17.8 Å². The highest BCUT2D eigenvalue weighted by molar-refractivity contribution is 7.13.